The molecule has 0 saturated carbocycles. The van der Waals surface area contributed by atoms with Gasteiger partial charge in [-0.25, -0.2) is 0 Å². The summed E-state index contributed by atoms with van der Waals surface area (Å²) in [6.07, 6.45) is 1.74. The van der Waals surface area contributed by atoms with Crippen LogP contribution in [-0.4, -0.2) is 17.9 Å². The van der Waals surface area contributed by atoms with Gasteiger partial charge in [-0.15, -0.1) is 0 Å². The Bertz CT molecular complexity index is 577. The van der Waals surface area contributed by atoms with Crippen LogP contribution in [0.4, 0.5) is 0 Å². The molecule has 2 aliphatic rings. The zero-order valence-corrected chi connectivity index (χ0v) is 11.6. The smallest absolute Gasteiger partial charge is 0.257 e. The normalized spacial score (nSPS) is 26.9. The molecular formula is C15H19N3O. The second kappa shape index (κ2) is 4.08. The van der Waals surface area contributed by atoms with Gasteiger partial charge in [0.25, 0.3) is 5.91 Å². The molecule has 1 aliphatic heterocycles. The van der Waals surface area contributed by atoms with Gasteiger partial charge in [-0.1, -0.05) is 23.8 Å². The lowest BCUT2D eigenvalue weighted by Crippen LogP contribution is -2.41. The van der Waals surface area contributed by atoms with Crippen molar-refractivity contribution in [1.29, 1.82) is 0 Å². The summed E-state index contributed by atoms with van der Waals surface area (Å²) in [5.41, 5.74) is 2.96. The van der Waals surface area contributed by atoms with Gasteiger partial charge >= 0.3 is 0 Å². The number of aryl methyl sites for hydroxylation is 2. The average Bonchev–Trinajstić information content (AvgIpc) is 2.82. The number of amides is 1. The fourth-order valence-electron chi connectivity index (χ4n) is 2.96. The van der Waals surface area contributed by atoms with E-state index in [4.69, 9.17) is 0 Å². The molecule has 1 atom stereocenters. The molecule has 1 heterocycles. The molecule has 2 N–H and O–H groups in total. The number of nitrogens with zero attached hydrogens (tertiary/aromatic N) is 1. The highest BCUT2D eigenvalue weighted by Crippen LogP contribution is 2.39. The number of guanidine groups is 1. The zero-order valence-electron chi connectivity index (χ0n) is 11.6. The summed E-state index contributed by atoms with van der Waals surface area (Å²) in [6, 6.07) is 6.52. The van der Waals surface area contributed by atoms with Crippen LogP contribution in [0.2, 0.25) is 0 Å². The minimum atomic E-state index is -0.602. The molecule has 0 radical (unpaired) electrons. The molecular weight excluding hydrogens is 238 g/mol. The third kappa shape index (κ3) is 1.82. The number of benzene rings is 1. The van der Waals surface area contributed by atoms with E-state index in [1.54, 1.807) is 0 Å². The summed E-state index contributed by atoms with van der Waals surface area (Å²) in [6.45, 7) is 6.05. The lowest BCUT2D eigenvalue weighted by Gasteiger charge is -2.22. The maximum absolute atomic E-state index is 12.4. The number of hydrogen-bond acceptors (Lipinski definition) is 2. The quantitative estimate of drug-likeness (QED) is 0.803. The third-order valence-corrected chi connectivity index (χ3v) is 3.83. The Balaban J connectivity index is 2.04. The van der Waals surface area contributed by atoms with E-state index in [9.17, 15) is 4.79 Å². The summed E-state index contributed by atoms with van der Waals surface area (Å²) in [7, 11) is 0. The van der Waals surface area contributed by atoms with Gasteiger partial charge in [0.2, 0.25) is 0 Å². The number of rotatable bonds is 1. The highest BCUT2D eigenvalue weighted by molar-refractivity contribution is 6.10. The van der Waals surface area contributed by atoms with E-state index >= 15 is 0 Å². The summed E-state index contributed by atoms with van der Waals surface area (Å²) in [4.78, 5) is 16.8. The van der Waals surface area contributed by atoms with E-state index in [1.165, 1.54) is 11.1 Å². The Labute approximate surface area is 113 Å². The van der Waals surface area contributed by atoms with Crippen LogP contribution in [0.3, 0.4) is 0 Å². The van der Waals surface area contributed by atoms with E-state index < -0.39 is 5.54 Å². The maximum Gasteiger partial charge on any atom is 0.257 e. The SMILES string of the molecule is Cc1ccc2c(c1)C1(CC2)NC(=NC(C)C)NC1=O. The zero-order chi connectivity index (χ0) is 13.6. The van der Waals surface area contributed by atoms with Crippen LogP contribution >= 0.6 is 0 Å². The number of hydrogen-bond donors (Lipinski definition) is 2. The molecule has 100 valence electrons. The number of aliphatic imine (C=N–C) groups is 1. The minimum Gasteiger partial charge on any atom is -0.338 e. The average molecular weight is 257 g/mol. The Morgan fingerprint density at radius 3 is 2.89 bits per heavy atom. The van der Waals surface area contributed by atoms with Crippen molar-refractivity contribution >= 4 is 11.9 Å². The minimum absolute atomic E-state index is 0.0243. The number of fused-ring (bicyclic) bond motifs is 2. The van der Waals surface area contributed by atoms with Crippen molar-refractivity contribution in [3.8, 4) is 0 Å². The van der Waals surface area contributed by atoms with Gasteiger partial charge in [0.1, 0.15) is 5.54 Å². The van der Waals surface area contributed by atoms with Gasteiger partial charge in [-0.2, -0.15) is 0 Å². The van der Waals surface area contributed by atoms with Crippen LogP contribution in [0.5, 0.6) is 0 Å². The van der Waals surface area contributed by atoms with Crippen molar-refractivity contribution in [1.82, 2.24) is 10.6 Å². The van der Waals surface area contributed by atoms with E-state index in [2.05, 4.69) is 40.7 Å². The van der Waals surface area contributed by atoms with Crippen LogP contribution in [0.25, 0.3) is 0 Å². The molecule has 1 aliphatic carbocycles. The van der Waals surface area contributed by atoms with Crippen LogP contribution < -0.4 is 10.6 Å². The largest absolute Gasteiger partial charge is 0.338 e. The van der Waals surface area contributed by atoms with Gasteiger partial charge < -0.3 is 5.32 Å². The topological polar surface area (TPSA) is 53.5 Å². The Morgan fingerprint density at radius 2 is 2.16 bits per heavy atom. The maximum atomic E-state index is 12.4. The lowest BCUT2D eigenvalue weighted by molar-refractivity contribution is -0.124. The molecule has 1 saturated heterocycles. The fourth-order valence-corrected chi connectivity index (χ4v) is 2.96. The molecule has 1 aromatic carbocycles. The predicted octanol–water partition coefficient (Wildman–Crippen LogP) is 1.62. The van der Waals surface area contributed by atoms with E-state index in [0.717, 1.165) is 18.4 Å². The van der Waals surface area contributed by atoms with Gasteiger partial charge in [0.05, 0.1) is 0 Å². The summed E-state index contributed by atoms with van der Waals surface area (Å²) in [5, 5.41) is 6.20. The first-order valence-electron chi connectivity index (χ1n) is 6.79. The van der Waals surface area contributed by atoms with Crippen molar-refractivity contribution < 1.29 is 4.79 Å². The molecule has 3 rings (SSSR count). The van der Waals surface area contributed by atoms with E-state index in [1.807, 2.05) is 13.8 Å². The first-order chi connectivity index (χ1) is 9.01. The Morgan fingerprint density at radius 1 is 1.37 bits per heavy atom. The van der Waals surface area contributed by atoms with Crippen molar-refractivity contribution in [3.05, 3.63) is 34.9 Å². The predicted molar refractivity (Wildman–Crippen MR) is 75.0 cm³/mol. The molecule has 4 nitrogen and oxygen atoms in total. The molecule has 1 fully saturated rings. The third-order valence-electron chi connectivity index (χ3n) is 3.83. The van der Waals surface area contributed by atoms with Crippen LogP contribution in [0.1, 0.15) is 37.0 Å². The van der Waals surface area contributed by atoms with Crippen molar-refractivity contribution in [2.24, 2.45) is 4.99 Å². The first kappa shape index (κ1) is 12.2. The van der Waals surface area contributed by atoms with E-state index in [0.29, 0.717) is 5.96 Å². The Kier molecular flexibility index (Phi) is 2.62. The molecule has 0 aromatic heterocycles. The lowest BCUT2D eigenvalue weighted by atomic mass is 9.91. The van der Waals surface area contributed by atoms with Crippen molar-refractivity contribution in [3.63, 3.8) is 0 Å². The second-order valence-electron chi connectivity index (χ2n) is 5.72. The Hall–Kier alpha value is -1.84. The van der Waals surface area contributed by atoms with Gasteiger partial charge in [0.15, 0.2) is 5.96 Å². The van der Waals surface area contributed by atoms with Crippen LogP contribution in [-0.2, 0) is 16.8 Å². The fraction of sp³-hybridized carbons (Fsp3) is 0.467. The molecule has 19 heavy (non-hydrogen) atoms. The highest BCUT2D eigenvalue weighted by Gasteiger charge is 2.50. The van der Waals surface area contributed by atoms with Crippen LogP contribution in [0.15, 0.2) is 23.2 Å². The van der Waals surface area contributed by atoms with Gasteiger partial charge in [0, 0.05) is 6.04 Å². The molecule has 0 bridgehead atoms. The van der Waals surface area contributed by atoms with Crippen LogP contribution in [0, 0.1) is 6.92 Å². The number of carbonyl (C=O) groups is 1. The second-order valence-corrected chi connectivity index (χ2v) is 5.72. The highest BCUT2D eigenvalue weighted by atomic mass is 16.2. The summed E-state index contributed by atoms with van der Waals surface area (Å²) < 4.78 is 0. The molecule has 1 amide bonds. The van der Waals surface area contributed by atoms with E-state index in [-0.39, 0.29) is 11.9 Å². The molecule has 4 heteroatoms. The van der Waals surface area contributed by atoms with Gasteiger partial charge in [-0.3, -0.25) is 15.1 Å². The summed E-state index contributed by atoms with van der Waals surface area (Å²) >= 11 is 0. The molecule has 1 unspecified atom stereocenters. The van der Waals surface area contributed by atoms with Crippen molar-refractivity contribution in [2.75, 3.05) is 0 Å². The summed E-state index contributed by atoms with van der Waals surface area (Å²) in [5.74, 6) is 0.630. The molecule has 1 spiro atoms. The monoisotopic (exact) mass is 257 g/mol. The molecule has 1 aromatic rings. The van der Waals surface area contributed by atoms with Gasteiger partial charge in [-0.05, 0) is 44.7 Å². The standard InChI is InChI=1S/C15H19N3O/c1-9(2)16-14-17-13(19)15(18-14)7-6-11-5-4-10(3)8-12(11)15/h4-5,8-9H,6-7H2,1-3H3,(H2,16,17,18,19). The van der Waals surface area contributed by atoms with Crippen molar-refractivity contribution in [2.45, 2.75) is 45.2 Å². The number of nitrogens with one attached hydrogen (secondary N) is 2. The number of carbonyl (C=O) groups excluding carboxylic acids is 1. The first-order valence-corrected chi connectivity index (χ1v) is 6.79.